The van der Waals surface area contributed by atoms with Crippen LogP contribution in [0, 0.1) is 17.8 Å². The second-order valence-corrected chi connectivity index (χ2v) is 13.8. The van der Waals surface area contributed by atoms with Gasteiger partial charge in [-0.25, -0.2) is 13.2 Å². The number of aliphatic hydroxyl groups is 1. The fourth-order valence-corrected chi connectivity index (χ4v) is 7.34. The van der Waals surface area contributed by atoms with Gasteiger partial charge in [-0.05, 0) is 57.6 Å². The Morgan fingerprint density at radius 1 is 1.20 bits per heavy atom. The van der Waals surface area contributed by atoms with Crippen LogP contribution in [0.15, 0.2) is 27.5 Å². The number of oxazole rings is 1. The van der Waals surface area contributed by atoms with Gasteiger partial charge in [-0.2, -0.15) is 9.29 Å². The van der Waals surface area contributed by atoms with Crippen LogP contribution in [0.1, 0.15) is 47.5 Å². The average molecular weight is 581 g/mol. The standard InChI is InChI=1S/C27H40N4O8S/c1-14(2)11-31(40(34,35)18-6-7-20-22(9-18)38-26(30-20)28-15(3)4)12-21(32)16(5)29-27(33)39-23-8-17-13-36-25-19(17)10-24(23)37-25/h6-7,9,14-17,19,21,23-25,32H,8,10-13H2,1-5H3,(H,28,30)(H,29,33)/t16-,17-,19-,21+,23-,24?,25-/m0/s1. The molecule has 2 bridgehead atoms. The molecule has 1 unspecified atom stereocenters. The lowest BCUT2D eigenvalue weighted by atomic mass is 9.80. The van der Waals surface area contributed by atoms with E-state index >= 15 is 0 Å². The third-order valence-corrected chi connectivity index (χ3v) is 9.57. The molecule has 3 N–H and O–H groups in total. The number of hydrogen-bond donors (Lipinski definition) is 3. The third-order valence-electron chi connectivity index (χ3n) is 7.74. The zero-order valence-corrected chi connectivity index (χ0v) is 24.4. The molecule has 0 radical (unpaired) electrons. The largest absolute Gasteiger partial charge is 0.443 e. The fourth-order valence-electron chi connectivity index (χ4n) is 5.71. The molecular weight excluding hydrogens is 540 g/mol. The van der Waals surface area contributed by atoms with Gasteiger partial charge < -0.3 is 34.4 Å². The maximum Gasteiger partial charge on any atom is 0.407 e. The van der Waals surface area contributed by atoms with Crippen molar-refractivity contribution in [2.75, 3.05) is 25.0 Å². The predicted octanol–water partition coefficient (Wildman–Crippen LogP) is 2.92. The molecule has 222 valence electrons. The summed E-state index contributed by atoms with van der Waals surface area (Å²) in [5.74, 6) is 0.673. The molecule has 2 saturated heterocycles. The van der Waals surface area contributed by atoms with Crippen LogP contribution in [-0.4, -0.2) is 85.3 Å². The van der Waals surface area contributed by atoms with Gasteiger partial charge in [0.1, 0.15) is 11.6 Å². The van der Waals surface area contributed by atoms with Crippen molar-refractivity contribution < 1.29 is 36.9 Å². The Morgan fingerprint density at radius 2 is 1.98 bits per heavy atom. The number of nitrogens with one attached hydrogen (secondary N) is 2. The van der Waals surface area contributed by atoms with Gasteiger partial charge in [0.05, 0.1) is 29.8 Å². The third kappa shape index (κ3) is 6.08. The summed E-state index contributed by atoms with van der Waals surface area (Å²) in [5, 5.41) is 16.7. The average Bonchev–Trinajstić information content (AvgIpc) is 3.54. The van der Waals surface area contributed by atoms with Crippen molar-refractivity contribution in [1.29, 1.82) is 0 Å². The summed E-state index contributed by atoms with van der Waals surface area (Å²) in [6.07, 6.45) is -1.13. The molecule has 2 aliphatic heterocycles. The van der Waals surface area contributed by atoms with Crippen molar-refractivity contribution in [3.63, 3.8) is 0 Å². The first kappa shape index (κ1) is 29.1. The first-order valence-corrected chi connectivity index (χ1v) is 15.4. The Kier molecular flexibility index (Phi) is 8.31. The quantitative estimate of drug-likeness (QED) is 0.362. The lowest BCUT2D eigenvalue weighted by Gasteiger charge is -2.32. The first-order chi connectivity index (χ1) is 18.9. The molecule has 13 heteroatoms. The lowest BCUT2D eigenvalue weighted by molar-refractivity contribution is -0.147. The second kappa shape index (κ2) is 11.4. The summed E-state index contributed by atoms with van der Waals surface area (Å²) in [4.78, 5) is 17.1. The van der Waals surface area contributed by atoms with Crippen LogP contribution < -0.4 is 10.6 Å². The lowest BCUT2D eigenvalue weighted by Crippen LogP contribution is -2.50. The van der Waals surface area contributed by atoms with Crippen LogP contribution in [0.3, 0.4) is 0 Å². The molecule has 2 aromatic rings. The van der Waals surface area contributed by atoms with E-state index in [-0.39, 0.29) is 48.4 Å². The van der Waals surface area contributed by atoms with Gasteiger partial charge in [-0.15, -0.1) is 0 Å². The summed E-state index contributed by atoms with van der Waals surface area (Å²) < 4.78 is 51.5. The zero-order valence-electron chi connectivity index (χ0n) is 23.6. The van der Waals surface area contributed by atoms with Crippen LogP contribution in [0.4, 0.5) is 10.8 Å². The molecule has 5 rings (SSSR count). The van der Waals surface area contributed by atoms with E-state index in [0.717, 1.165) is 6.42 Å². The van der Waals surface area contributed by atoms with Gasteiger partial charge in [0.2, 0.25) is 10.0 Å². The van der Waals surface area contributed by atoms with E-state index in [0.29, 0.717) is 42.0 Å². The van der Waals surface area contributed by atoms with Crippen LogP contribution >= 0.6 is 0 Å². The molecule has 1 amide bonds. The zero-order chi connectivity index (χ0) is 28.8. The first-order valence-electron chi connectivity index (χ1n) is 14.0. The van der Waals surface area contributed by atoms with Gasteiger partial charge in [-0.1, -0.05) is 13.8 Å². The molecule has 0 spiro atoms. The number of aliphatic hydroxyl groups excluding tert-OH is 1. The highest BCUT2D eigenvalue weighted by molar-refractivity contribution is 7.89. The Morgan fingerprint density at radius 3 is 2.70 bits per heavy atom. The van der Waals surface area contributed by atoms with Crippen LogP contribution in [0.25, 0.3) is 11.1 Å². The van der Waals surface area contributed by atoms with E-state index in [2.05, 4.69) is 15.6 Å². The van der Waals surface area contributed by atoms with Gasteiger partial charge in [-0.3, -0.25) is 0 Å². The molecule has 40 heavy (non-hydrogen) atoms. The number of anilines is 1. The van der Waals surface area contributed by atoms with Crippen LogP contribution in [0.5, 0.6) is 0 Å². The molecule has 1 aromatic carbocycles. The number of nitrogens with zero attached hydrogens (tertiary/aromatic N) is 2. The summed E-state index contributed by atoms with van der Waals surface area (Å²) in [7, 11) is -4.00. The van der Waals surface area contributed by atoms with Crippen LogP contribution in [-0.2, 0) is 24.2 Å². The highest BCUT2D eigenvalue weighted by Gasteiger charge is 2.54. The SMILES string of the molecule is CC(C)CN(C[C@@H](O)[C@H](C)NC(=O)O[C@H]1C[C@H]2CO[C@H]3OC1C[C@@H]23)S(=O)(=O)c1ccc2nc(NC(C)C)oc2c1. The summed E-state index contributed by atoms with van der Waals surface area (Å²) >= 11 is 0. The highest BCUT2D eigenvalue weighted by atomic mass is 32.2. The molecular formula is C27H40N4O8S. The molecule has 3 fully saturated rings. The minimum absolute atomic E-state index is 0.00749. The number of aromatic nitrogens is 1. The topological polar surface area (TPSA) is 152 Å². The summed E-state index contributed by atoms with van der Waals surface area (Å²) in [5.41, 5.74) is 0.873. The number of fused-ring (bicyclic) bond motifs is 2. The molecule has 1 saturated carbocycles. The van der Waals surface area contributed by atoms with E-state index in [1.54, 1.807) is 13.0 Å². The van der Waals surface area contributed by atoms with Gasteiger partial charge in [0.25, 0.3) is 6.01 Å². The molecule has 1 aromatic heterocycles. The maximum absolute atomic E-state index is 13.7. The Balaban J connectivity index is 1.23. The number of rotatable bonds is 11. The number of carbonyl (C=O) groups is 1. The van der Waals surface area contributed by atoms with E-state index in [1.807, 2.05) is 27.7 Å². The number of sulfonamides is 1. The smallest absolute Gasteiger partial charge is 0.407 e. The van der Waals surface area contributed by atoms with E-state index in [4.69, 9.17) is 18.6 Å². The van der Waals surface area contributed by atoms with Crippen molar-refractivity contribution >= 4 is 33.2 Å². The number of benzene rings is 1. The van der Waals surface area contributed by atoms with Crippen molar-refractivity contribution in [3.05, 3.63) is 18.2 Å². The number of hydrogen-bond acceptors (Lipinski definition) is 10. The number of amides is 1. The second-order valence-electron chi connectivity index (χ2n) is 11.9. The molecule has 7 atom stereocenters. The Labute approximate surface area is 234 Å². The maximum atomic E-state index is 13.7. The summed E-state index contributed by atoms with van der Waals surface area (Å²) in [6.45, 7) is 9.88. The van der Waals surface area contributed by atoms with E-state index in [1.165, 1.54) is 16.4 Å². The van der Waals surface area contributed by atoms with Crippen molar-refractivity contribution in [2.45, 2.75) is 89.0 Å². The monoisotopic (exact) mass is 580 g/mol. The van der Waals surface area contributed by atoms with Gasteiger partial charge in [0.15, 0.2) is 11.9 Å². The molecule has 3 heterocycles. The molecule has 12 nitrogen and oxygen atoms in total. The molecule has 3 aliphatic rings. The van der Waals surface area contributed by atoms with Crippen molar-refractivity contribution in [2.24, 2.45) is 17.8 Å². The van der Waals surface area contributed by atoms with Crippen molar-refractivity contribution in [1.82, 2.24) is 14.6 Å². The minimum atomic E-state index is -4.00. The Bertz CT molecular complexity index is 1310. The number of carbonyl (C=O) groups excluding carboxylic acids is 1. The fraction of sp³-hybridized carbons (Fsp3) is 0.704. The van der Waals surface area contributed by atoms with Crippen molar-refractivity contribution in [3.8, 4) is 0 Å². The number of ether oxygens (including phenoxy) is 3. The highest BCUT2D eigenvalue weighted by Crippen LogP contribution is 2.47. The minimum Gasteiger partial charge on any atom is -0.443 e. The molecule has 1 aliphatic carbocycles. The van der Waals surface area contributed by atoms with Gasteiger partial charge >= 0.3 is 6.09 Å². The normalized spacial score (nSPS) is 27.5. The van der Waals surface area contributed by atoms with Gasteiger partial charge in [0, 0.05) is 31.1 Å². The van der Waals surface area contributed by atoms with Crippen LogP contribution in [0.2, 0.25) is 0 Å². The Hall–Kier alpha value is -2.45. The predicted molar refractivity (Wildman–Crippen MR) is 146 cm³/mol. The summed E-state index contributed by atoms with van der Waals surface area (Å²) in [6, 6.07) is 4.17. The van der Waals surface area contributed by atoms with E-state index < -0.39 is 28.3 Å². The number of alkyl carbamates (subject to hydrolysis) is 1. The van der Waals surface area contributed by atoms with E-state index in [9.17, 15) is 18.3 Å².